The minimum Gasteiger partial charge on any atom is -0.454 e. The number of piperidine rings is 1. The average molecular weight is 247 g/mol. The predicted molar refractivity (Wildman–Crippen MR) is 62.7 cm³/mol. The normalized spacial score (nSPS) is 18.0. The molecule has 0 bridgehead atoms. The van der Waals surface area contributed by atoms with Crippen LogP contribution in [-0.4, -0.2) is 36.5 Å². The lowest BCUT2D eigenvalue weighted by molar-refractivity contribution is -0.120. The van der Waals surface area contributed by atoms with Crippen LogP contribution in [0.4, 0.5) is 0 Å². The van der Waals surface area contributed by atoms with E-state index < -0.39 is 0 Å². The molecule has 5 heteroatoms. The van der Waals surface area contributed by atoms with Gasteiger partial charge in [-0.2, -0.15) is 0 Å². The Kier molecular flexibility index (Phi) is 2.66. The van der Waals surface area contributed by atoms with E-state index in [1.807, 2.05) is 0 Å². The maximum Gasteiger partial charge on any atom is 0.254 e. The molecule has 0 unspecified atom stereocenters. The third kappa shape index (κ3) is 1.92. The van der Waals surface area contributed by atoms with Gasteiger partial charge in [-0.3, -0.25) is 9.59 Å². The van der Waals surface area contributed by atoms with Gasteiger partial charge in [-0.25, -0.2) is 0 Å². The number of hydrogen-bond acceptors (Lipinski definition) is 4. The van der Waals surface area contributed by atoms with Crippen molar-refractivity contribution in [2.75, 3.05) is 19.9 Å². The molecular formula is C13H13NO4. The molecule has 0 saturated carbocycles. The number of ether oxygens (including phenoxy) is 2. The molecule has 0 N–H and O–H groups in total. The molecular weight excluding hydrogens is 234 g/mol. The van der Waals surface area contributed by atoms with Crippen molar-refractivity contribution in [2.24, 2.45) is 0 Å². The van der Waals surface area contributed by atoms with Gasteiger partial charge in [0.05, 0.1) is 0 Å². The molecule has 2 aliphatic rings. The van der Waals surface area contributed by atoms with Crippen molar-refractivity contribution in [3.05, 3.63) is 23.8 Å². The SMILES string of the molecule is O=C1CCN(C(=O)c2ccc3c(c2)OCO3)CC1. The molecule has 0 spiro atoms. The van der Waals surface area contributed by atoms with Gasteiger partial charge in [0.25, 0.3) is 5.91 Å². The van der Waals surface area contributed by atoms with E-state index >= 15 is 0 Å². The number of hydrogen-bond donors (Lipinski definition) is 0. The fourth-order valence-corrected chi connectivity index (χ4v) is 2.17. The molecule has 0 radical (unpaired) electrons. The molecule has 0 atom stereocenters. The van der Waals surface area contributed by atoms with Gasteiger partial charge in [-0.15, -0.1) is 0 Å². The summed E-state index contributed by atoms with van der Waals surface area (Å²) in [5.41, 5.74) is 0.577. The number of Topliss-reactive ketones (excluding diaryl/α,β-unsaturated/α-hetero) is 1. The second-order valence-corrected chi connectivity index (χ2v) is 4.40. The summed E-state index contributed by atoms with van der Waals surface area (Å²) in [4.78, 5) is 25.1. The van der Waals surface area contributed by atoms with Gasteiger partial charge < -0.3 is 14.4 Å². The van der Waals surface area contributed by atoms with Crippen molar-refractivity contribution in [3.63, 3.8) is 0 Å². The van der Waals surface area contributed by atoms with Crippen molar-refractivity contribution < 1.29 is 19.1 Å². The van der Waals surface area contributed by atoms with Crippen LogP contribution in [-0.2, 0) is 4.79 Å². The van der Waals surface area contributed by atoms with Crippen LogP contribution in [0.1, 0.15) is 23.2 Å². The van der Waals surface area contributed by atoms with E-state index in [1.165, 1.54) is 0 Å². The van der Waals surface area contributed by atoms with Crippen LogP contribution in [0.5, 0.6) is 11.5 Å². The van der Waals surface area contributed by atoms with Gasteiger partial charge >= 0.3 is 0 Å². The molecule has 0 aromatic heterocycles. The first kappa shape index (κ1) is 11.1. The van der Waals surface area contributed by atoms with Crippen LogP contribution in [0.25, 0.3) is 0 Å². The van der Waals surface area contributed by atoms with Crippen molar-refractivity contribution >= 4 is 11.7 Å². The summed E-state index contributed by atoms with van der Waals surface area (Å²) in [7, 11) is 0. The Balaban J connectivity index is 1.78. The highest BCUT2D eigenvalue weighted by Crippen LogP contribution is 2.32. The zero-order valence-corrected chi connectivity index (χ0v) is 9.85. The summed E-state index contributed by atoms with van der Waals surface area (Å²) >= 11 is 0. The molecule has 0 aliphatic carbocycles. The summed E-state index contributed by atoms with van der Waals surface area (Å²) in [6, 6.07) is 5.16. The first-order valence-electron chi connectivity index (χ1n) is 5.95. The Labute approximate surface area is 104 Å². The maximum absolute atomic E-state index is 12.2. The van der Waals surface area contributed by atoms with Crippen molar-refractivity contribution in [1.82, 2.24) is 4.90 Å². The Morgan fingerprint density at radius 1 is 1.11 bits per heavy atom. The largest absolute Gasteiger partial charge is 0.454 e. The molecule has 1 amide bonds. The van der Waals surface area contributed by atoms with E-state index in [1.54, 1.807) is 23.1 Å². The fraction of sp³-hybridized carbons (Fsp3) is 0.385. The van der Waals surface area contributed by atoms with Crippen molar-refractivity contribution in [2.45, 2.75) is 12.8 Å². The molecule has 2 aliphatic heterocycles. The second kappa shape index (κ2) is 4.33. The second-order valence-electron chi connectivity index (χ2n) is 4.40. The van der Waals surface area contributed by atoms with Gasteiger partial charge in [0.15, 0.2) is 11.5 Å². The van der Waals surface area contributed by atoms with E-state index in [-0.39, 0.29) is 18.5 Å². The summed E-state index contributed by atoms with van der Waals surface area (Å²) in [5.74, 6) is 1.44. The van der Waals surface area contributed by atoms with E-state index in [0.717, 1.165) is 0 Å². The average Bonchev–Trinajstić information content (AvgIpc) is 2.86. The number of carbonyl (C=O) groups is 2. The Morgan fingerprint density at radius 2 is 1.83 bits per heavy atom. The third-order valence-electron chi connectivity index (χ3n) is 3.23. The van der Waals surface area contributed by atoms with Crippen molar-refractivity contribution in [3.8, 4) is 11.5 Å². The lowest BCUT2D eigenvalue weighted by Crippen LogP contribution is -2.38. The van der Waals surface area contributed by atoms with E-state index in [4.69, 9.17) is 9.47 Å². The van der Waals surface area contributed by atoms with Gasteiger partial charge in [-0.05, 0) is 18.2 Å². The zero-order chi connectivity index (χ0) is 12.5. The van der Waals surface area contributed by atoms with Crippen LogP contribution < -0.4 is 9.47 Å². The van der Waals surface area contributed by atoms with E-state index in [9.17, 15) is 9.59 Å². The molecule has 2 heterocycles. The van der Waals surface area contributed by atoms with Crippen LogP contribution in [0.3, 0.4) is 0 Å². The Morgan fingerprint density at radius 3 is 2.61 bits per heavy atom. The zero-order valence-electron chi connectivity index (χ0n) is 9.85. The van der Waals surface area contributed by atoms with Crippen molar-refractivity contribution in [1.29, 1.82) is 0 Å². The van der Waals surface area contributed by atoms with Gasteiger partial charge in [0.1, 0.15) is 5.78 Å². The quantitative estimate of drug-likeness (QED) is 0.748. The number of nitrogens with zero attached hydrogens (tertiary/aromatic N) is 1. The maximum atomic E-state index is 12.2. The molecule has 18 heavy (non-hydrogen) atoms. The summed E-state index contributed by atoms with van der Waals surface area (Å²) in [6.07, 6.45) is 0.909. The first-order chi connectivity index (χ1) is 8.74. The molecule has 1 aromatic carbocycles. The molecule has 5 nitrogen and oxygen atoms in total. The topological polar surface area (TPSA) is 55.8 Å². The first-order valence-corrected chi connectivity index (χ1v) is 5.95. The highest BCUT2D eigenvalue weighted by molar-refractivity contribution is 5.96. The number of ketones is 1. The van der Waals surface area contributed by atoms with E-state index in [0.29, 0.717) is 43.0 Å². The summed E-state index contributed by atoms with van der Waals surface area (Å²) in [5, 5.41) is 0. The number of likely N-dealkylation sites (tertiary alicyclic amines) is 1. The highest BCUT2D eigenvalue weighted by Gasteiger charge is 2.23. The number of rotatable bonds is 1. The summed E-state index contributed by atoms with van der Waals surface area (Å²) in [6.45, 7) is 1.21. The van der Waals surface area contributed by atoms with Crippen LogP contribution >= 0.6 is 0 Å². The van der Waals surface area contributed by atoms with Crippen LogP contribution in [0.2, 0.25) is 0 Å². The van der Waals surface area contributed by atoms with Gasteiger partial charge in [0, 0.05) is 31.5 Å². The minimum absolute atomic E-state index is 0.0548. The minimum atomic E-state index is -0.0548. The number of fused-ring (bicyclic) bond motifs is 1. The molecule has 1 aromatic rings. The van der Waals surface area contributed by atoms with Crippen LogP contribution in [0, 0.1) is 0 Å². The standard InChI is InChI=1S/C13H13NO4/c15-10-3-5-14(6-4-10)13(16)9-1-2-11-12(7-9)18-8-17-11/h1-2,7H,3-6,8H2. The number of carbonyl (C=O) groups excluding carboxylic acids is 2. The third-order valence-corrected chi connectivity index (χ3v) is 3.23. The number of benzene rings is 1. The highest BCUT2D eigenvalue weighted by atomic mass is 16.7. The predicted octanol–water partition coefficient (Wildman–Crippen LogP) is 1.22. The lowest BCUT2D eigenvalue weighted by atomic mass is 10.1. The molecule has 1 fully saturated rings. The summed E-state index contributed by atoms with van der Waals surface area (Å²) < 4.78 is 10.4. The monoisotopic (exact) mass is 247 g/mol. The Hall–Kier alpha value is -2.04. The molecule has 3 rings (SSSR count). The van der Waals surface area contributed by atoms with Gasteiger partial charge in [0.2, 0.25) is 6.79 Å². The van der Waals surface area contributed by atoms with Crippen LogP contribution in [0.15, 0.2) is 18.2 Å². The van der Waals surface area contributed by atoms with E-state index in [2.05, 4.69) is 0 Å². The molecule has 94 valence electrons. The number of amides is 1. The van der Waals surface area contributed by atoms with Gasteiger partial charge in [-0.1, -0.05) is 0 Å². The fourth-order valence-electron chi connectivity index (χ4n) is 2.17. The molecule has 1 saturated heterocycles. The Bertz CT molecular complexity index is 502. The lowest BCUT2D eigenvalue weighted by Gasteiger charge is -2.26. The smallest absolute Gasteiger partial charge is 0.254 e.